The van der Waals surface area contributed by atoms with Crippen molar-refractivity contribution in [3.63, 3.8) is 0 Å². The van der Waals surface area contributed by atoms with E-state index in [1.807, 2.05) is 31.2 Å². The fourth-order valence-corrected chi connectivity index (χ4v) is 2.36. The fraction of sp³-hybridized carbons (Fsp3) is 0.100. The van der Waals surface area contributed by atoms with Crippen molar-refractivity contribution in [1.29, 1.82) is 0 Å². The number of hydrogen-bond donors (Lipinski definition) is 0. The number of carbonyl (C=O) groups is 1. The molecule has 0 aliphatic carbocycles. The zero-order valence-electron chi connectivity index (χ0n) is 14.5. The highest BCUT2D eigenvalue weighted by molar-refractivity contribution is 6.11. The molecule has 7 nitrogen and oxygen atoms in total. The number of nitro groups is 1. The van der Waals surface area contributed by atoms with Crippen LogP contribution in [0.2, 0.25) is 0 Å². The van der Waals surface area contributed by atoms with Crippen molar-refractivity contribution in [3.8, 4) is 5.75 Å². The number of nitrogens with zero attached hydrogens (tertiary/aromatic N) is 2. The SMILES string of the molecule is CCOc1ccc(C=C2N=C(C=Cc3ccc([N+](=O)[O-])cc3)OC2=O)cc1. The lowest BCUT2D eigenvalue weighted by Crippen LogP contribution is -2.01. The van der Waals surface area contributed by atoms with Crippen LogP contribution in [0, 0.1) is 10.1 Å². The normalized spacial score (nSPS) is 15.1. The van der Waals surface area contributed by atoms with Gasteiger partial charge in [0.15, 0.2) is 5.70 Å². The number of aliphatic imine (C=N–C) groups is 1. The van der Waals surface area contributed by atoms with Gasteiger partial charge in [-0.15, -0.1) is 0 Å². The summed E-state index contributed by atoms with van der Waals surface area (Å²) in [6, 6.07) is 13.3. The van der Waals surface area contributed by atoms with Gasteiger partial charge in [0.05, 0.1) is 11.5 Å². The van der Waals surface area contributed by atoms with Gasteiger partial charge in [-0.25, -0.2) is 9.79 Å². The fourth-order valence-electron chi connectivity index (χ4n) is 2.36. The Morgan fingerprint density at radius 3 is 2.37 bits per heavy atom. The van der Waals surface area contributed by atoms with E-state index in [1.54, 1.807) is 24.3 Å². The van der Waals surface area contributed by atoms with Crippen molar-refractivity contribution in [1.82, 2.24) is 0 Å². The van der Waals surface area contributed by atoms with E-state index in [9.17, 15) is 14.9 Å². The van der Waals surface area contributed by atoms with Crippen LogP contribution in [-0.4, -0.2) is 23.4 Å². The first-order valence-electron chi connectivity index (χ1n) is 8.23. The lowest BCUT2D eigenvalue weighted by Gasteiger charge is -2.02. The largest absolute Gasteiger partial charge is 0.494 e. The summed E-state index contributed by atoms with van der Waals surface area (Å²) < 4.78 is 10.5. The second-order valence-electron chi connectivity index (χ2n) is 5.55. The second kappa shape index (κ2) is 8.09. The summed E-state index contributed by atoms with van der Waals surface area (Å²) in [4.78, 5) is 26.3. The predicted octanol–water partition coefficient (Wildman–Crippen LogP) is 4.00. The quantitative estimate of drug-likeness (QED) is 0.334. The molecule has 7 heteroatoms. The first-order valence-corrected chi connectivity index (χ1v) is 8.23. The number of non-ortho nitro benzene ring substituents is 1. The molecule has 0 radical (unpaired) electrons. The molecule has 0 aromatic heterocycles. The molecular weight excluding hydrogens is 348 g/mol. The molecule has 0 saturated heterocycles. The number of rotatable bonds is 6. The lowest BCUT2D eigenvalue weighted by molar-refractivity contribution is -0.384. The number of hydrogen-bond acceptors (Lipinski definition) is 6. The molecule has 0 saturated carbocycles. The van der Waals surface area contributed by atoms with Gasteiger partial charge in [0.1, 0.15) is 5.75 Å². The minimum Gasteiger partial charge on any atom is -0.494 e. The summed E-state index contributed by atoms with van der Waals surface area (Å²) in [5, 5.41) is 10.7. The molecular formula is C20H16N2O5. The number of benzene rings is 2. The van der Waals surface area contributed by atoms with Crippen molar-refractivity contribution in [2.45, 2.75) is 6.92 Å². The summed E-state index contributed by atoms with van der Waals surface area (Å²) in [6.07, 6.45) is 4.83. The molecule has 0 fully saturated rings. The minimum atomic E-state index is -0.535. The Balaban J connectivity index is 1.72. The van der Waals surface area contributed by atoms with E-state index in [1.165, 1.54) is 18.2 Å². The van der Waals surface area contributed by atoms with Gasteiger partial charge in [-0.2, -0.15) is 0 Å². The van der Waals surface area contributed by atoms with Crippen molar-refractivity contribution in [2.75, 3.05) is 6.61 Å². The molecule has 0 amide bonds. The Hall–Kier alpha value is -3.74. The Kier molecular flexibility index (Phi) is 5.41. The molecule has 3 rings (SSSR count). The highest BCUT2D eigenvalue weighted by Gasteiger charge is 2.21. The molecule has 0 atom stereocenters. The number of nitro benzene ring substituents is 1. The summed E-state index contributed by atoms with van der Waals surface area (Å²) in [5.41, 5.74) is 1.73. The molecule has 0 N–H and O–H groups in total. The summed E-state index contributed by atoms with van der Waals surface area (Å²) in [7, 11) is 0. The van der Waals surface area contributed by atoms with Crippen LogP contribution in [0.4, 0.5) is 5.69 Å². The number of esters is 1. The van der Waals surface area contributed by atoms with Crippen LogP contribution >= 0.6 is 0 Å². The lowest BCUT2D eigenvalue weighted by atomic mass is 10.2. The molecule has 2 aromatic rings. The van der Waals surface area contributed by atoms with Crippen molar-refractivity contribution in [2.24, 2.45) is 4.99 Å². The van der Waals surface area contributed by atoms with E-state index in [0.717, 1.165) is 16.9 Å². The molecule has 0 spiro atoms. The maximum Gasteiger partial charge on any atom is 0.363 e. The van der Waals surface area contributed by atoms with E-state index < -0.39 is 10.9 Å². The smallest absolute Gasteiger partial charge is 0.363 e. The van der Waals surface area contributed by atoms with Gasteiger partial charge in [-0.1, -0.05) is 12.1 Å². The van der Waals surface area contributed by atoms with Gasteiger partial charge in [0.25, 0.3) is 5.69 Å². The van der Waals surface area contributed by atoms with Crippen LogP contribution < -0.4 is 4.74 Å². The highest BCUT2D eigenvalue weighted by atomic mass is 16.6. The molecule has 136 valence electrons. The maximum atomic E-state index is 12.0. The zero-order valence-corrected chi connectivity index (χ0v) is 14.5. The summed E-state index contributed by atoms with van der Waals surface area (Å²) in [5.74, 6) is 0.381. The molecule has 0 bridgehead atoms. The third kappa shape index (κ3) is 4.66. The Bertz CT molecular complexity index is 941. The molecule has 1 aliphatic rings. The average molecular weight is 364 g/mol. The molecule has 1 heterocycles. The third-order valence-electron chi connectivity index (χ3n) is 3.65. The third-order valence-corrected chi connectivity index (χ3v) is 3.65. The van der Waals surface area contributed by atoms with E-state index in [0.29, 0.717) is 6.61 Å². The van der Waals surface area contributed by atoms with E-state index >= 15 is 0 Å². The van der Waals surface area contributed by atoms with Gasteiger partial charge in [0, 0.05) is 18.2 Å². The van der Waals surface area contributed by atoms with Crippen molar-refractivity contribution < 1.29 is 19.2 Å². The average Bonchev–Trinajstić information content (AvgIpc) is 3.01. The molecule has 27 heavy (non-hydrogen) atoms. The number of ether oxygens (including phenoxy) is 2. The second-order valence-corrected chi connectivity index (χ2v) is 5.55. The van der Waals surface area contributed by atoms with Crippen LogP contribution in [0.5, 0.6) is 5.75 Å². The summed E-state index contributed by atoms with van der Waals surface area (Å²) >= 11 is 0. The van der Waals surface area contributed by atoms with Crippen molar-refractivity contribution in [3.05, 3.63) is 81.5 Å². The van der Waals surface area contributed by atoms with Crippen molar-refractivity contribution >= 4 is 29.7 Å². The van der Waals surface area contributed by atoms with Gasteiger partial charge in [-0.3, -0.25) is 10.1 Å². The van der Waals surface area contributed by atoms with E-state index in [-0.39, 0.29) is 17.3 Å². The monoisotopic (exact) mass is 364 g/mol. The molecule has 0 unspecified atom stereocenters. The van der Waals surface area contributed by atoms with E-state index in [2.05, 4.69) is 4.99 Å². The Morgan fingerprint density at radius 2 is 1.74 bits per heavy atom. The number of carbonyl (C=O) groups excluding carboxylic acids is 1. The van der Waals surface area contributed by atoms with Crippen LogP contribution in [0.25, 0.3) is 12.2 Å². The van der Waals surface area contributed by atoms with E-state index in [4.69, 9.17) is 9.47 Å². The minimum absolute atomic E-state index is 0.0114. The predicted molar refractivity (Wildman–Crippen MR) is 101 cm³/mol. The van der Waals surface area contributed by atoms with Gasteiger partial charge in [0.2, 0.25) is 5.90 Å². The van der Waals surface area contributed by atoms with Crippen LogP contribution in [0.15, 0.2) is 65.3 Å². The molecule has 2 aromatic carbocycles. The van der Waals surface area contributed by atoms with Gasteiger partial charge >= 0.3 is 5.97 Å². The van der Waals surface area contributed by atoms with Crippen LogP contribution in [0.3, 0.4) is 0 Å². The maximum absolute atomic E-state index is 12.0. The Morgan fingerprint density at radius 1 is 1.07 bits per heavy atom. The summed E-state index contributed by atoms with van der Waals surface area (Å²) in [6.45, 7) is 2.49. The van der Waals surface area contributed by atoms with Gasteiger partial charge < -0.3 is 9.47 Å². The van der Waals surface area contributed by atoms with Gasteiger partial charge in [-0.05, 0) is 54.5 Å². The van der Waals surface area contributed by atoms with Crippen LogP contribution in [-0.2, 0) is 9.53 Å². The first-order chi connectivity index (χ1) is 13.0. The Labute approximate surface area is 155 Å². The topological polar surface area (TPSA) is 91.0 Å². The molecule has 1 aliphatic heterocycles. The zero-order chi connectivity index (χ0) is 19.2. The highest BCUT2D eigenvalue weighted by Crippen LogP contribution is 2.19. The first kappa shape index (κ1) is 18.1. The van der Waals surface area contributed by atoms with Crippen LogP contribution in [0.1, 0.15) is 18.1 Å². The standard InChI is InChI=1S/C20H16N2O5/c1-2-26-17-10-5-15(6-11-17)13-18-20(23)27-19(21-18)12-7-14-3-8-16(9-4-14)22(24)25/h3-13H,2H2,1H3. The number of cyclic esters (lactones) is 1.